The highest BCUT2D eigenvalue weighted by atomic mass is 16.5. The Morgan fingerprint density at radius 1 is 1.32 bits per heavy atom. The summed E-state index contributed by atoms with van der Waals surface area (Å²) in [5.74, 6) is 0.983. The standard InChI is InChI=1S/C15H17N3O/c1-9-7-10(2)13(14(19-4)11(9)3)12(8-16)15-17-5-6-18-15/h5-7,12H,1-4H3,(H,17,18). The van der Waals surface area contributed by atoms with E-state index in [4.69, 9.17) is 4.74 Å². The van der Waals surface area contributed by atoms with Crippen molar-refractivity contribution in [1.29, 1.82) is 5.26 Å². The van der Waals surface area contributed by atoms with Crippen molar-refractivity contribution in [2.45, 2.75) is 26.7 Å². The van der Waals surface area contributed by atoms with Gasteiger partial charge in [0.25, 0.3) is 0 Å². The lowest BCUT2D eigenvalue weighted by Gasteiger charge is -2.19. The fourth-order valence-corrected chi connectivity index (χ4v) is 2.39. The molecular weight excluding hydrogens is 238 g/mol. The van der Waals surface area contributed by atoms with Gasteiger partial charge in [0.2, 0.25) is 0 Å². The average Bonchev–Trinajstić information content (AvgIpc) is 2.90. The van der Waals surface area contributed by atoms with E-state index in [-0.39, 0.29) is 0 Å². The molecule has 19 heavy (non-hydrogen) atoms. The number of H-pyrrole nitrogens is 1. The van der Waals surface area contributed by atoms with Crippen molar-refractivity contribution in [1.82, 2.24) is 9.97 Å². The zero-order valence-corrected chi connectivity index (χ0v) is 11.6. The molecule has 0 saturated carbocycles. The number of nitrogens with zero attached hydrogens (tertiary/aromatic N) is 2. The summed E-state index contributed by atoms with van der Waals surface area (Å²) in [7, 11) is 1.64. The smallest absolute Gasteiger partial charge is 0.133 e. The van der Waals surface area contributed by atoms with Gasteiger partial charge in [-0.05, 0) is 37.5 Å². The molecule has 0 aliphatic carbocycles. The van der Waals surface area contributed by atoms with Crippen LogP contribution in [0.15, 0.2) is 18.5 Å². The molecular formula is C15H17N3O. The molecule has 1 aromatic heterocycles. The van der Waals surface area contributed by atoms with Crippen molar-refractivity contribution in [3.05, 3.63) is 46.5 Å². The fourth-order valence-electron chi connectivity index (χ4n) is 2.39. The number of nitriles is 1. The lowest BCUT2D eigenvalue weighted by Crippen LogP contribution is -2.07. The van der Waals surface area contributed by atoms with Crippen LogP contribution < -0.4 is 4.74 Å². The first kappa shape index (κ1) is 13.2. The average molecular weight is 255 g/mol. The number of methoxy groups -OCH3 is 1. The number of rotatable bonds is 3. The summed E-state index contributed by atoms with van der Waals surface area (Å²) in [6, 6.07) is 4.39. The van der Waals surface area contributed by atoms with Crippen LogP contribution in [0, 0.1) is 32.1 Å². The quantitative estimate of drug-likeness (QED) is 0.917. The summed E-state index contributed by atoms with van der Waals surface area (Å²) < 4.78 is 5.53. The van der Waals surface area contributed by atoms with Crippen LogP contribution >= 0.6 is 0 Å². The Labute approximate surface area is 113 Å². The van der Waals surface area contributed by atoms with Gasteiger partial charge in [-0.1, -0.05) is 6.07 Å². The molecule has 2 aromatic rings. The van der Waals surface area contributed by atoms with Gasteiger partial charge in [-0.25, -0.2) is 4.98 Å². The van der Waals surface area contributed by atoms with Crippen LogP contribution in [0.5, 0.6) is 5.75 Å². The molecule has 1 unspecified atom stereocenters. The van der Waals surface area contributed by atoms with Crippen molar-refractivity contribution >= 4 is 0 Å². The van der Waals surface area contributed by atoms with Crippen LogP contribution in [0.4, 0.5) is 0 Å². The van der Waals surface area contributed by atoms with E-state index in [0.717, 1.165) is 28.0 Å². The maximum absolute atomic E-state index is 9.49. The van der Waals surface area contributed by atoms with Gasteiger partial charge in [-0.2, -0.15) is 5.26 Å². The van der Waals surface area contributed by atoms with Gasteiger partial charge >= 0.3 is 0 Å². The highest BCUT2D eigenvalue weighted by molar-refractivity contribution is 5.54. The highest BCUT2D eigenvalue weighted by Crippen LogP contribution is 2.36. The number of aryl methyl sites for hydroxylation is 2. The normalized spacial score (nSPS) is 11.9. The van der Waals surface area contributed by atoms with E-state index in [0.29, 0.717) is 5.82 Å². The first-order valence-electron chi connectivity index (χ1n) is 6.13. The van der Waals surface area contributed by atoms with E-state index in [1.807, 2.05) is 20.8 Å². The van der Waals surface area contributed by atoms with Crippen molar-refractivity contribution < 1.29 is 4.74 Å². The number of hydrogen-bond donors (Lipinski definition) is 1. The van der Waals surface area contributed by atoms with Crippen LogP contribution in [-0.4, -0.2) is 17.1 Å². The maximum atomic E-state index is 9.49. The summed E-state index contributed by atoms with van der Waals surface area (Å²) in [6.45, 7) is 6.05. The molecule has 2 rings (SSSR count). The third-order valence-corrected chi connectivity index (χ3v) is 3.45. The molecule has 0 radical (unpaired) electrons. The number of nitrogens with one attached hydrogen (secondary N) is 1. The van der Waals surface area contributed by atoms with E-state index < -0.39 is 5.92 Å². The van der Waals surface area contributed by atoms with E-state index in [1.54, 1.807) is 19.5 Å². The summed E-state index contributed by atoms with van der Waals surface area (Å²) in [6.07, 6.45) is 3.38. The molecule has 0 bridgehead atoms. The van der Waals surface area contributed by atoms with Gasteiger partial charge in [0.05, 0.1) is 13.2 Å². The van der Waals surface area contributed by atoms with Crippen LogP contribution in [0.3, 0.4) is 0 Å². The Balaban J connectivity index is 2.68. The minimum absolute atomic E-state index is 0.441. The van der Waals surface area contributed by atoms with Gasteiger partial charge in [0, 0.05) is 18.0 Å². The molecule has 1 aromatic carbocycles. The Morgan fingerprint density at radius 2 is 2.05 bits per heavy atom. The molecule has 1 heterocycles. The minimum atomic E-state index is -0.441. The zero-order chi connectivity index (χ0) is 14.0. The van der Waals surface area contributed by atoms with Gasteiger partial charge in [0.15, 0.2) is 0 Å². The monoisotopic (exact) mass is 255 g/mol. The third kappa shape index (κ3) is 2.19. The molecule has 0 aliphatic rings. The Morgan fingerprint density at radius 3 is 2.58 bits per heavy atom. The largest absolute Gasteiger partial charge is 0.496 e. The summed E-state index contributed by atoms with van der Waals surface area (Å²) >= 11 is 0. The van der Waals surface area contributed by atoms with E-state index in [2.05, 4.69) is 22.1 Å². The molecule has 0 spiro atoms. The topological polar surface area (TPSA) is 61.7 Å². The Bertz CT molecular complexity index is 624. The molecule has 4 nitrogen and oxygen atoms in total. The van der Waals surface area contributed by atoms with Crippen LogP contribution in [0.25, 0.3) is 0 Å². The number of benzene rings is 1. The molecule has 0 amide bonds. The second kappa shape index (κ2) is 5.15. The number of ether oxygens (including phenoxy) is 1. The van der Waals surface area contributed by atoms with E-state index >= 15 is 0 Å². The molecule has 4 heteroatoms. The first-order valence-corrected chi connectivity index (χ1v) is 6.13. The minimum Gasteiger partial charge on any atom is -0.496 e. The van der Waals surface area contributed by atoms with Crippen LogP contribution in [0.2, 0.25) is 0 Å². The van der Waals surface area contributed by atoms with Gasteiger partial charge < -0.3 is 9.72 Å². The number of hydrogen-bond acceptors (Lipinski definition) is 3. The lowest BCUT2D eigenvalue weighted by molar-refractivity contribution is 0.405. The molecule has 98 valence electrons. The van der Waals surface area contributed by atoms with Crippen molar-refractivity contribution in [3.63, 3.8) is 0 Å². The van der Waals surface area contributed by atoms with Crippen LogP contribution in [-0.2, 0) is 0 Å². The van der Waals surface area contributed by atoms with Crippen molar-refractivity contribution in [2.75, 3.05) is 7.11 Å². The molecule has 1 N–H and O–H groups in total. The van der Waals surface area contributed by atoms with Gasteiger partial charge in [-0.15, -0.1) is 0 Å². The zero-order valence-electron chi connectivity index (χ0n) is 11.6. The molecule has 1 atom stereocenters. The lowest BCUT2D eigenvalue weighted by atomic mass is 9.90. The predicted molar refractivity (Wildman–Crippen MR) is 73.2 cm³/mol. The molecule has 0 aliphatic heterocycles. The molecule has 0 saturated heterocycles. The summed E-state index contributed by atoms with van der Waals surface area (Å²) in [4.78, 5) is 7.21. The van der Waals surface area contributed by atoms with Crippen molar-refractivity contribution in [2.24, 2.45) is 0 Å². The third-order valence-electron chi connectivity index (χ3n) is 3.45. The summed E-state index contributed by atoms with van der Waals surface area (Å²) in [5.41, 5.74) is 4.16. The predicted octanol–water partition coefficient (Wildman–Crippen LogP) is 3.00. The summed E-state index contributed by atoms with van der Waals surface area (Å²) in [5, 5.41) is 9.49. The fraction of sp³-hybridized carbons (Fsp3) is 0.333. The van der Waals surface area contributed by atoms with E-state index in [9.17, 15) is 5.26 Å². The second-order valence-electron chi connectivity index (χ2n) is 4.62. The van der Waals surface area contributed by atoms with E-state index in [1.165, 1.54) is 0 Å². The SMILES string of the molecule is COc1c(C)c(C)cc(C)c1C(C#N)c1ncc[nH]1. The molecule has 0 fully saturated rings. The van der Waals surface area contributed by atoms with Crippen LogP contribution in [0.1, 0.15) is 34.0 Å². The number of imidazole rings is 1. The second-order valence-corrected chi connectivity index (χ2v) is 4.62. The first-order chi connectivity index (χ1) is 9.10. The Hall–Kier alpha value is -2.28. The van der Waals surface area contributed by atoms with Gasteiger partial charge in [-0.3, -0.25) is 0 Å². The maximum Gasteiger partial charge on any atom is 0.133 e. The number of aromatic nitrogens is 2. The highest BCUT2D eigenvalue weighted by Gasteiger charge is 2.24. The number of aromatic amines is 1. The van der Waals surface area contributed by atoms with Gasteiger partial charge in [0.1, 0.15) is 17.5 Å². The Kier molecular flexibility index (Phi) is 3.57. The van der Waals surface area contributed by atoms with Crippen molar-refractivity contribution in [3.8, 4) is 11.8 Å².